The number of rotatable bonds is 6. The van der Waals surface area contributed by atoms with Crippen molar-refractivity contribution < 1.29 is 14.0 Å². The summed E-state index contributed by atoms with van der Waals surface area (Å²) >= 11 is 2.83. The molecule has 0 aliphatic heterocycles. The maximum Gasteiger partial charge on any atom is 0.255 e. The third-order valence-corrected chi connectivity index (χ3v) is 6.88. The molecule has 8 heteroatoms. The molecule has 0 saturated carbocycles. The van der Waals surface area contributed by atoms with E-state index < -0.39 is 0 Å². The van der Waals surface area contributed by atoms with E-state index in [0.29, 0.717) is 11.3 Å². The molecule has 32 heavy (non-hydrogen) atoms. The highest BCUT2D eigenvalue weighted by Crippen LogP contribution is 2.31. The summed E-state index contributed by atoms with van der Waals surface area (Å²) in [6.45, 7) is 3.98. The molecule has 4 rings (SSSR count). The van der Waals surface area contributed by atoms with Crippen LogP contribution in [0.2, 0.25) is 0 Å². The smallest absolute Gasteiger partial charge is 0.255 e. The topological polar surface area (TPSA) is 71.1 Å². The Morgan fingerprint density at radius 1 is 1.00 bits per heavy atom. The third kappa shape index (κ3) is 5.33. The van der Waals surface area contributed by atoms with Crippen LogP contribution < -0.4 is 10.6 Å². The van der Waals surface area contributed by atoms with Crippen LogP contribution in [0.15, 0.2) is 65.0 Å². The average Bonchev–Trinajstić information content (AvgIpc) is 3.17. The fraction of sp³-hybridized carbons (Fsp3) is 0.125. The summed E-state index contributed by atoms with van der Waals surface area (Å²) in [5, 5.41) is 5.75. The SMILES string of the molecule is Cc1ccc(NC(=O)CSc2nc3ccc(NC(=O)c4ccc(F)cc4)cc3s2)c(C)c1. The number of hydrogen-bond donors (Lipinski definition) is 2. The molecule has 5 nitrogen and oxygen atoms in total. The Kier molecular flexibility index (Phi) is 6.53. The van der Waals surface area contributed by atoms with E-state index in [9.17, 15) is 14.0 Å². The Balaban J connectivity index is 1.38. The Hall–Kier alpha value is -3.23. The molecule has 0 unspecified atom stereocenters. The minimum atomic E-state index is -0.389. The van der Waals surface area contributed by atoms with Crippen LogP contribution in [0.25, 0.3) is 10.2 Å². The Morgan fingerprint density at radius 3 is 2.53 bits per heavy atom. The summed E-state index contributed by atoms with van der Waals surface area (Å²) in [4.78, 5) is 29.2. The maximum atomic E-state index is 13.0. The average molecular weight is 466 g/mol. The van der Waals surface area contributed by atoms with Crippen molar-refractivity contribution in [2.75, 3.05) is 16.4 Å². The second kappa shape index (κ2) is 9.50. The van der Waals surface area contributed by atoms with Gasteiger partial charge in [-0.05, 0) is 67.9 Å². The lowest BCUT2D eigenvalue weighted by Crippen LogP contribution is -2.14. The number of thioether (sulfide) groups is 1. The molecule has 1 aromatic heterocycles. The van der Waals surface area contributed by atoms with Crippen molar-refractivity contribution in [3.05, 3.63) is 83.2 Å². The van der Waals surface area contributed by atoms with E-state index in [4.69, 9.17) is 0 Å². The predicted octanol–water partition coefficient (Wildman–Crippen LogP) is 6.04. The Morgan fingerprint density at radius 2 is 1.78 bits per heavy atom. The molecular weight excluding hydrogens is 445 g/mol. The van der Waals surface area contributed by atoms with Crippen LogP contribution >= 0.6 is 23.1 Å². The van der Waals surface area contributed by atoms with Crippen LogP contribution in [0.3, 0.4) is 0 Å². The van der Waals surface area contributed by atoms with E-state index in [1.165, 1.54) is 47.4 Å². The number of anilines is 2. The van der Waals surface area contributed by atoms with E-state index in [1.54, 1.807) is 6.07 Å². The molecule has 2 amide bonds. The van der Waals surface area contributed by atoms with Crippen LogP contribution in [0.4, 0.5) is 15.8 Å². The number of amides is 2. The molecule has 0 atom stereocenters. The number of aryl methyl sites for hydroxylation is 2. The van der Waals surface area contributed by atoms with Crippen molar-refractivity contribution in [2.24, 2.45) is 0 Å². The van der Waals surface area contributed by atoms with Gasteiger partial charge >= 0.3 is 0 Å². The molecule has 4 aromatic rings. The van der Waals surface area contributed by atoms with Crippen LogP contribution in [-0.2, 0) is 4.79 Å². The van der Waals surface area contributed by atoms with Gasteiger partial charge in [0.2, 0.25) is 5.91 Å². The van der Waals surface area contributed by atoms with Gasteiger partial charge in [-0.1, -0.05) is 29.5 Å². The lowest BCUT2D eigenvalue weighted by Gasteiger charge is -2.08. The first kappa shape index (κ1) is 22.0. The summed E-state index contributed by atoms with van der Waals surface area (Å²) in [7, 11) is 0. The summed E-state index contributed by atoms with van der Waals surface area (Å²) < 4.78 is 14.7. The van der Waals surface area contributed by atoms with Gasteiger partial charge in [0, 0.05) is 16.9 Å². The van der Waals surface area contributed by atoms with Gasteiger partial charge in [-0.25, -0.2) is 9.37 Å². The maximum absolute atomic E-state index is 13.0. The van der Waals surface area contributed by atoms with Gasteiger partial charge in [0.1, 0.15) is 5.82 Å². The molecule has 3 aromatic carbocycles. The molecule has 162 valence electrons. The number of benzene rings is 3. The number of nitrogens with one attached hydrogen (secondary N) is 2. The van der Waals surface area contributed by atoms with E-state index in [-0.39, 0.29) is 23.4 Å². The first-order valence-corrected chi connectivity index (χ1v) is 11.6. The van der Waals surface area contributed by atoms with E-state index in [2.05, 4.69) is 15.6 Å². The van der Waals surface area contributed by atoms with Gasteiger partial charge in [0.05, 0.1) is 16.0 Å². The number of carbonyl (C=O) groups is 2. The summed E-state index contributed by atoms with van der Waals surface area (Å²) in [5.41, 5.74) is 4.79. The zero-order valence-corrected chi connectivity index (χ0v) is 19.1. The highest BCUT2D eigenvalue weighted by Gasteiger charge is 2.11. The molecular formula is C24H20FN3O2S2. The highest BCUT2D eigenvalue weighted by molar-refractivity contribution is 8.01. The van der Waals surface area contributed by atoms with Gasteiger partial charge in [-0.3, -0.25) is 9.59 Å². The van der Waals surface area contributed by atoms with Gasteiger partial charge in [-0.15, -0.1) is 11.3 Å². The van der Waals surface area contributed by atoms with E-state index >= 15 is 0 Å². The molecule has 0 bridgehead atoms. The van der Waals surface area contributed by atoms with Crippen molar-refractivity contribution in [2.45, 2.75) is 18.2 Å². The zero-order valence-electron chi connectivity index (χ0n) is 17.4. The second-order valence-corrected chi connectivity index (χ2v) is 9.53. The lowest BCUT2D eigenvalue weighted by molar-refractivity contribution is -0.113. The van der Waals surface area contributed by atoms with Gasteiger partial charge in [0.15, 0.2) is 4.34 Å². The number of thiazole rings is 1. The molecule has 1 heterocycles. The van der Waals surface area contributed by atoms with Crippen molar-refractivity contribution >= 4 is 56.5 Å². The minimum Gasteiger partial charge on any atom is -0.325 e. The van der Waals surface area contributed by atoms with E-state index in [0.717, 1.165) is 31.4 Å². The molecule has 0 fully saturated rings. The molecule has 0 aliphatic carbocycles. The van der Waals surface area contributed by atoms with Crippen molar-refractivity contribution in [3.63, 3.8) is 0 Å². The number of carbonyl (C=O) groups excluding carboxylic acids is 2. The van der Waals surface area contributed by atoms with Crippen LogP contribution in [-0.4, -0.2) is 22.6 Å². The first-order valence-electron chi connectivity index (χ1n) is 9.85. The number of aromatic nitrogens is 1. The Labute approximate surface area is 193 Å². The van der Waals surface area contributed by atoms with Crippen LogP contribution in [0, 0.1) is 19.7 Å². The molecule has 0 saturated heterocycles. The number of fused-ring (bicyclic) bond motifs is 1. The van der Waals surface area contributed by atoms with Crippen molar-refractivity contribution in [1.82, 2.24) is 4.98 Å². The number of nitrogens with zero attached hydrogens (tertiary/aromatic N) is 1. The van der Waals surface area contributed by atoms with Crippen molar-refractivity contribution in [1.29, 1.82) is 0 Å². The largest absolute Gasteiger partial charge is 0.325 e. The van der Waals surface area contributed by atoms with Crippen molar-refractivity contribution in [3.8, 4) is 0 Å². The number of hydrogen-bond acceptors (Lipinski definition) is 5. The van der Waals surface area contributed by atoms with E-state index in [1.807, 2.05) is 44.2 Å². The minimum absolute atomic E-state index is 0.0894. The van der Waals surface area contributed by atoms with Gasteiger partial charge < -0.3 is 10.6 Å². The quantitative estimate of drug-likeness (QED) is 0.341. The fourth-order valence-electron chi connectivity index (χ4n) is 3.11. The molecule has 2 N–H and O–H groups in total. The third-order valence-electron chi connectivity index (χ3n) is 4.72. The monoisotopic (exact) mass is 465 g/mol. The standard InChI is InChI=1S/C24H20FN3O2S2/c1-14-3-9-19(15(2)11-14)27-22(29)13-31-24-28-20-10-8-18(12-21(20)32-24)26-23(30)16-4-6-17(25)7-5-16/h3-12H,13H2,1-2H3,(H,26,30)(H,27,29). The second-order valence-electron chi connectivity index (χ2n) is 7.28. The fourth-order valence-corrected chi connectivity index (χ4v) is 5.02. The summed E-state index contributed by atoms with van der Waals surface area (Å²) in [5.74, 6) is -0.540. The zero-order chi connectivity index (χ0) is 22.7. The highest BCUT2D eigenvalue weighted by atomic mass is 32.2. The summed E-state index contributed by atoms with van der Waals surface area (Å²) in [6.07, 6.45) is 0. The van der Waals surface area contributed by atoms with Gasteiger partial charge in [0.25, 0.3) is 5.91 Å². The summed E-state index contributed by atoms with van der Waals surface area (Å²) in [6, 6.07) is 16.7. The molecule has 0 aliphatic rings. The first-order chi connectivity index (χ1) is 15.4. The van der Waals surface area contributed by atoms with Crippen LogP contribution in [0.5, 0.6) is 0 Å². The Bertz CT molecular complexity index is 1300. The van der Waals surface area contributed by atoms with Crippen LogP contribution in [0.1, 0.15) is 21.5 Å². The molecule has 0 radical (unpaired) electrons. The lowest BCUT2D eigenvalue weighted by atomic mass is 10.1. The molecule has 0 spiro atoms. The normalized spacial score (nSPS) is 10.8. The number of halogens is 1. The van der Waals surface area contributed by atoms with Gasteiger partial charge in [-0.2, -0.15) is 0 Å². The predicted molar refractivity (Wildman–Crippen MR) is 129 cm³/mol.